The molecule has 0 heterocycles. The van der Waals surface area contributed by atoms with Crippen LogP contribution in [-0.2, 0) is 10.1 Å². The fraction of sp³-hybridized carbons (Fsp3) is 0.385. The van der Waals surface area contributed by atoms with Crippen LogP contribution in [-0.4, -0.2) is 29.8 Å². The summed E-state index contributed by atoms with van der Waals surface area (Å²) < 4.78 is 100. The minimum absolute atomic E-state index is 0.194. The second-order valence-corrected chi connectivity index (χ2v) is 6.56. The molecule has 0 saturated carbocycles. The molecule has 2 unspecified atom stereocenters. The molecule has 3 nitrogen and oxygen atoms in total. The lowest BCUT2D eigenvalue weighted by molar-refractivity contribution is -0.251. The van der Waals surface area contributed by atoms with Gasteiger partial charge in [0.05, 0.1) is 5.92 Å². The van der Waals surface area contributed by atoms with E-state index in [9.17, 15) is 30.4 Å². The fourth-order valence-electron chi connectivity index (χ4n) is 2.35. The predicted octanol–water partition coefficient (Wildman–Crippen LogP) is 3.47. The van der Waals surface area contributed by atoms with Gasteiger partial charge in [0.25, 0.3) is 0 Å². The maximum absolute atomic E-state index is 14.1. The van der Waals surface area contributed by atoms with Gasteiger partial charge >= 0.3 is 27.0 Å². The third-order valence-corrected chi connectivity index (χ3v) is 4.78. The van der Waals surface area contributed by atoms with E-state index >= 15 is 0 Å². The van der Waals surface area contributed by atoms with Gasteiger partial charge in [0, 0.05) is 0 Å². The molecule has 2 rings (SSSR count). The van der Waals surface area contributed by atoms with Crippen LogP contribution < -0.4 is 0 Å². The first kappa shape index (κ1) is 16.9. The molecule has 1 aliphatic carbocycles. The molecule has 0 fully saturated rings. The van der Waals surface area contributed by atoms with Gasteiger partial charge in [0.1, 0.15) is 0 Å². The topological polar surface area (TPSA) is 54.4 Å². The minimum atomic E-state index is -6.10. The first-order valence-electron chi connectivity index (χ1n) is 6.02. The molecule has 0 spiro atoms. The summed E-state index contributed by atoms with van der Waals surface area (Å²) in [7, 11) is -6.10. The predicted molar refractivity (Wildman–Crippen MR) is 68.3 cm³/mol. The molecule has 122 valence electrons. The zero-order valence-electron chi connectivity index (χ0n) is 11.1. The van der Waals surface area contributed by atoms with E-state index in [-0.39, 0.29) is 17.2 Å². The fourth-order valence-corrected chi connectivity index (χ4v) is 3.06. The molecule has 0 bridgehead atoms. The van der Waals surface area contributed by atoms with Gasteiger partial charge in [-0.2, -0.15) is 26.0 Å². The van der Waals surface area contributed by atoms with Crippen molar-refractivity contribution < 1.29 is 34.9 Å². The highest BCUT2D eigenvalue weighted by molar-refractivity contribution is 7.87. The smallest absolute Gasteiger partial charge is 0.283 e. The van der Waals surface area contributed by atoms with Crippen LogP contribution in [0.5, 0.6) is 0 Å². The molecule has 0 amide bonds. The van der Waals surface area contributed by atoms with Crippen LogP contribution in [0.1, 0.15) is 17.0 Å². The monoisotopic (exact) mass is 342 g/mol. The van der Waals surface area contributed by atoms with E-state index in [1.54, 1.807) is 0 Å². The quantitative estimate of drug-likeness (QED) is 0.509. The van der Waals surface area contributed by atoms with Gasteiger partial charge in [-0.1, -0.05) is 30.3 Å². The second kappa shape index (κ2) is 4.76. The highest BCUT2D eigenvalue weighted by atomic mass is 32.2. The minimum Gasteiger partial charge on any atom is -0.283 e. The third-order valence-electron chi connectivity index (χ3n) is 3.64. The number of alkyl halides is 5. The van der Waals surface area contributed by atoms with Crippen molar-refractivity contribution in [3.63, 3.8) is 0 Å². The Morgan fingerprint density at radius 2 is 1.64 bits per heavy atom. The Morgan fingerprint density at radius 1 is 1.09 bits per heavy atom. The van der Waals surface area contributed by atoms with Crippen molar-refractivity contribution >= 4 is 10.1 Å². The molecule has 2 atom stereocenters. The summed E-state index contributed by atoms with van der Waals surface area (Å²) in [5, 5.41) is -4.89. The van der Waals surface area contributed by atoms with Gasteiger partial charge < -0.3 is 0 Å². The molecule has 0 saturated heterocycles. The molecule has 0 radical (unpaired) electrons. The average molecular weight is 342 g/mol. The lowest BCUT2D eigenvalue weighted by atomic mass is 9.80. The summed E-state index contributed by atoms with van der Waals surface area (Å²) in [6.07, 6.45) is 0.115. The molecule has 1 aliphatic rings. The standard InChI is InChI=1S/C13H11F5O3S/c1-8-4-2-3-5-9(8)10-6-7-11(14,22(19,20)21)13(17,18)12(10,15)16/h2-7,10H,1H3,(H,19,20,21). The third kappa shape index (κ3) is 2.06. The van der Waals surface area contributed by atoms with E-state index in [2.05, 4.69) is 0 Å². The van der Waals surface area contributed by atoms with E-state index < -0.39 is 32.9 Å². The number of benzene rings is 1. The van der Waals surface area contributed by atoms with Crippen molar-refractivity contribution in [2.24, 2.45) is 0 Å². The largest absolute Gasteiger partial charge is 0.364 e. The molecular weight excluding hydrogens is 331 g/mol. The first-order valence-corrected chi connectivity index (χ1v) is 7.47. The van der Waals surface area contributed by atoms with E-state index in [0.29, 0.717) is 6.08 Å². The molecule has 1 aromatic carbocycles. The molecular formula is C13H11F5O3S. The Labute approximate surface area is 123 Å². The van der Waals surface area contributed by atoms with E-state index in [4.69, 9.17) is 4.55 Å². The maximum Gasteiger partial charge on any atom is 0.364 e. The van der Waals surface area contributed by atoms with Gasteiger partial charge in [-0.3, -0.25) is 4.55 Å². The van der Waals surface area contributed by atoms with Crippen LogP contribution in [0, 0.1) is 6.92 Å². The number of allylic oxidation sites excluding steroid dienone is 1. The summed E-state index contributed by atoms with van der Waals surface area (Å²) >= 11 is 0. The Bertz CT molecular complexity index is 729. The molecule has 1 aromatic rings. The number of aryl methyl sites for hydroxylation is 1. The van der Waals surface area contributed by atoms with Crippen molar-refractivity contribution in [1.29, 1.82) is 0 Å². The van der Waals surface area contributed by atoms with Crippen molar-refractivity contribution in [3.05, 3.63) is 47.5 Å². The molecule has 0 aliphatic heterocycles. The summed E-state index contributed by atoms with van der Waals surface area (Å²) in [5.74, 6) is -12.9. The van der Waals surface area contributed by atoms with Crippen molar-refractivity contribution in [3.8, 4) is 0 Å². The van der Waals surface area contributed by atoms with Crippen molar-refractivity contribution in [2.45, 2.75) is 29.7 Å². The Hall–Kier alpha value is -1.48. The normalized spacial score (nSPS) is 30.2. The lowest BCUT2D eigenvalue weighted by Gasteiger charge is -2.41. The summed E-state index contributed by atoms with van der Waals surface area (Å²) in [6, 6.07) is 5.40. The van der Waals surface area contributed by atoms with Crippen LogP contribution in [0.3, 0.4) is 0 Å². The Balaban J connectivity index is 2.70. The highest BCUT2D eigenvalue weighted by Gasteiger charge is 2.78. The van der Waals surface area contributed by atoms with E-state index in [1.165, 1.54) is 25.1 Å². The molecule has 1 N–H and O–H groups in total. The first-order chi connectivity index (χ1) is 9.86. The lowest BCUT2D eigenvalue weighted by Crippen LogP contribution is -2.62. The Kier molecular flexibility index (Phi) is 3.65. The van der Waals surface area contributed by atoms with Crippen LogP contribution in [0.25, 0.3) is 0 Å². The van der Waals surface area contributed by atoms with Crippen LogP contribution in [0.2, 0.25) is 0 Å². The van der Waals surface area contributed by atoms with E-state index in [0.717, 1.165) is 6.07 Å². The summed E-state index contributed by atoms with van der Waals surface area (Å²) in [4.78, 5) is 0. The van der Waals surface area contributed by atoms with Crippen LogP contribution >= 0.6 is 0 Å². The number of hydrogen-bond donors (Lipinski definition) is 1. The number of halogens is 5. The van der Waals surface area contributed by atoms with Gasteiger partial charge in [0.2, 0.25) is 0 Å². The zero-order chi connectivity index (χ0) is 17.0. The Morgan fingerprint density at radius 3 is 2.14 bits per heavy atom. The highest BCUT2D eigenvalue weighted by Crippen LogP contribution is 2.57. The second-order valence-electron chi connectivity index (χ2n) is 5.01. The average Bonchev–Trinajstić information content (AvgIpc) is 2.37. The molecule has 9 heteroatoms. The summed E-state index contributed by atoms with van der Waals surface area (Å²) in [5.41, 5.74) is 0.0617. The van der Waals surface area contributed by atoms with Crippen LogP contribution in [0.15, 0.2) is 36.4 Å². The maximum atomic E-state index is 14.1. The van der Waals surface area contributed by atoms with Crippen molar-refractivity contribution in [1.82, 2.24) is 0 Å². The van der Waals surface area contributed by atoms with Gasteiger partial charge in [-0.05, 0) is 24.1 Å². The van der Waals surface area contributed by atoms with Gasteiger partial charge in [-0.15, -0.1) is 0 Å². The van der Waals surface area contributed by atoms with E-state index in [1.807, 2.05) is 0 Å². The van der Waals surface area contributed by atoms with Gasteiger partial charge in [-0.25, -0.2) is 4.39 Å². The molecule has 22 heavy (non-hydrogen) atoms. The van der Waals surface area contributed by atoms with Crippen LogP contribution in [0.4, 0.5) is 22.0 Å². The van der Waals surface area contributed by atoms with Gasteiger partial charge in [0.15, 0.2) is 0 Å². The zero-order valence-corrected chi connectivity index (χ0v) is 11.9. The number of hydrogen-bond acceptors (Lipinski definition) is 2. The van der Waals surface area contributed by atoms with Crippen molar-refractivity contribution in [2.75, 3.05) is 0 Å². The SMILES string of the molecule is Cc1ccccc1C1C=CC(F)(S(=O)(=O)O)C(F)(F)C1(F)F. The summed E-state index contributed by atoms with van der Waals surface area (Å²) in [6.45, 7) is 1.40. The number of rotatable bonds is 2. The molecule has 0 aromatic heterocycles.